The molecule has 0 saturated carbocycles. The van der Waals surface area contributed by atoms with Crippen LogP contribution in [0, 0.1) is 6.92 Å². The standard InChI is InChI=1S/C20H30N4O4S/c1-12(2)23-11-14(10-21-23)15-13(3)22-16(29-15)24(17(25)27-19(4,5)6)18(26)28-20(7,8)9/h10-12H,1-9H3. The van der Waals surface area contributed by atoms with Gasteiger partial charge in [0.05, 0.1) is 16.8 Å². The highest BCUT2D eigenvalue weighted by Gasteiger charge is 2.35. The van der Waals surface area contributed by atoms with Crippen molar-refractivity contribution in [2.24, 2.45) is 0 Å². The highest BCUT2D eigenvalue weighted by molar-refractivity contribution is 7.19. The summed E-state index contributed by atoms with van der Waals surface area (Å²) >= 11 is 1.21. The van der Waals surface area contributed by atoms with Crippen LogP contribution in [0.5, 0.6) is 0 Å². The molecular weight excluding hydrogens is 392 g/mol. The topological polar surface area (TPSA) is 86.6 Å². The van der Waals surface area contributed by atoms with Gasteiger partial charge in [-0.05, 0) is 62.3 Å². The molecule has 0 spiro atoms. The van der Waals surface area contributed by atoms with Crippen molar-refractivity contribution in [2.45, 2.75) is 79.6 Å². The first kappa shape index (κ1) is 22.9. The van der Waals surface area contributed by atoms with E-state index in [1.165, 1.54) is 11.3 Å². The number of nitrogens with zero attached hydrogens (tertiary/aromatic N) is 4. The number of hydrogen-bond donors (Lipinski definition) is 0. The Morgan fingerprint density at radius 1 is 1.07 bits per heavy atom. The fourth-order valence-corrected chi connectivity index (χ4v) is 3.35. The molecule has 8 nitrogen and oxygen atoms in total. The molecule has 0 unspecified atom stereocenters. The van der Waals surface area contributed by atoms with Gasteiger partial charge in [0.1, 0.15) is 11.2 Å². The predicted molar refractivity (Wildman–Crippen MR) is 113 cm³/mol. The molecule has 0 aliphatic rings. The first-order valence-electron chi connectivity index (χ1n) is 9.46. The Morgan fingerprint density at radius 3 is 2.00 bits per heavy atom. The molecule has 0 bridgehead atoms. The Labute approximate surface area is 175 Å². The summed E-state index contributed by atoms with van der Waals surface area (Å²) in [7, 11) is 0. The maximum atomic E-state index is 12.8. The van der Waals surface area contributed by atoms with Crippen LogP contribution in [0.2, 0.25) is 0 Å². The average molecular weight is 423 g/mol. The molecule has 2 aromatic rings. The molecule has 2 heterocycles. The van der Waals surface area contributed by atoms with Gasteiger partial charge in [-0.1, -0.05) is 11.3 Å². The molecule has 29 heavy (non-hydrogen) atoms. The third-order valence-electron chi connectivity index (χ3n) is 3.52. The molecule has 2 aromatic heterocycles. The normalized spacial score (nSPS) is 12.2. The molecule has 0 saturated heterocycles. The third kappa shape index (κ3) is 6.03. The number of rotatable bonds is 3. The van der Waals surface area contributed by atoms with E-state index in [0.717, 1.165) is 15.3 Å². The fourth-order valence-electron chi connectivity index (χ4n) is 2.33. The molecule has 0 aliphatic heterocycles. The predicted octanol–water partition coefficient (Wildman–Crippen LogP) is 5.57. The Bertz CT molecular complexity index is 859. The molecule has 160 valence electrons. The van der Waals surface area contributed by atoms with E-state index in [1.54, 1.807) is 47.7 Å². The van der Waals surface area contributed by atoms with Crippen LogP contribution < -0.4 is 4.90 Å². The first-order valence-corrected chi connectivity index (χ1v) is 10.3. The summed E-state index contributed by atoms with van der Waals surface area (Å²) in [6, 6.07) is 0.219. The van der Waals surface area contributed by atoms with Crippen molar-refractivity contribution < 1.29 is 19.1 Å². The molecule has 0 aromatic carbocycles. The lowest BCUT2D eigenvalue weighted by Gasteiger charge is -2.27. The van der Waals surface area contributed by atoms with Crippen LogP contribution in [0.1, 0.15) is 67.1 Å². The number of carbonyl (C=O) groups excluding carboxylic acids is 2. The summed E-state index contributed by atoms with van der Waals surface area (Å²) in [5, 5.41) is 4.55. The fraction of sp³-hybridized carbons (Fsp3) is 0.600. The molecule has 0 radical (unpaired) electrons. The van der Waals surface area contributed by atoms with Gasteiger partial charge in [0.15, 0.2) is 0 Å². The van der Waals surface area contributed by atoms with Gasteiger partial charge in [0.25, 0.3) is 0 Å². The second-order valence-electron chi connectivity index (χ2n) is 9.01. The molecule has 9 heteroatoms. The number of imide groups is 1. The van der Waals surface area contributed by atoms with Crippen molar-refractivity contribution in [2.75, 3.05) is 4.90 Å². The third-order valence-corrected chi connectivity index (χ3v) is 4.71. The maximum absolute atomic E-state index is 12.8. The van der Waals surface area contributed by atoms with Crippen molar-refractivity contribution in [3.63, 3.8) is 0 Å². The summed E-state index contributed by atoms with van der Waals surface area (Å²) < 4.78 is 12.7. The molecule has 2 rings (SSSR count). The number of aromatic nitrogens is 3. The number of aryl methyl sites for hydroxylation is 1. The van der Waals surface area contributed by atoms with E-state index >= 15 is 0 Å². The van der Waals surface area contributed by atoms with Gasteiger partial charge >= 0.3 is 12.2 Å². The van der Waals surface area contributed by atoms with Gasteiger partial charge in [0, 0.05) is 17.8 Å². The largest absolute Gasteiger partial charge is 0.443 e. The number of thiazole rings is 1. The van der Waals surface area contributed by atoms with E-state index < -0.39 is 23.4 Å². The van der Waals surface area contributed by atoms with Crippen LogP contribution in [-0.4, -0.2) is 38.2 Å². The molecule has 0 atom stereocenters. The van der Waals surface area contributed by atoms with E-state index in [4.69, 9.17) is 9.47 Å². The second-order valence-corrected chi connectivity index (χ2v) is 9.99. The zero-order valence-electron chi connectivity index (χ0n) is 18.6. The molecular formula is C20H30N4O4S. The monoisotopic (exact) mass is 422 g/mol. The summed E-state index contributed by atoms with van der Waals surface area (Å²) in [5.74, 6) is 0. The van der Waals surface area contributed by atoms with Crippen LogP contribution in [0.3, 0.4) is 0 Å². The molecule has 0 N–H and O–H groups in total. The lowest BCUT2D eigenvalue weighted by Crippen LogP contribution is -2.43. The smallest absolute Gasteiger partial charge is 0.426 e. The molecule has 2 amide bonds. The van der Waals surface area contributed by atoms with Crippen LogP contribution in [0.4, 0.5) is 14.7 Å². The van der Waals surface area contributed by atoms with E-state index in [0.29, 0.717) is 5.69 Å². The van der Waals surface area contributed by atoms with Crippen molar-refractivity contribution in [1.29, 1.82) is 0 Å². The van der Waals surface area contributed by atoms with Gasteiger partial charge in [-0.2, -0.15) is 10.00 Å². The Morgan fingerprint density at radius 2 is 1.59 bits per heavy atom. The van der Waals surface area contributed by atoms with Gasteiger partial charge in [-0.25, -0.2) is 14.6 Å². The van der Waals surface area contributed by atoms with Crippen LogP contribution in [0.15, 0.2) is 12.4 Å². The summed E-state index contributed by atoms with van der Waals surface area (Å²) in [4.78, 5) is 31.7. The van der Waals surface area contributed by atoms with Crippen molar-refractivity contribution in [1.82, 2.24) is 14.8 Å². The Balaban J connectivity index is 2.45. The number of anilines is 1. The highest BCUT2D eigenvalue weighted by Crippen LogP contribution is 2.36. The lowest BCUT2D eigenvalue weighted by molar-refractivity contribution is 0.0430. The van der Waals surface area contributed by atoms with Crippen LogP contribution in [-0.2, 0) is 9.47 Å². The minimum atomic E-state index is -0.829. The van der Waals surface area contributed by atoms with Crippen molar-refractivity contribution in [3.05, 3.63) is 18.1 Å². The van der Waals surface area contributed by atoms with E-state index in [9.17, 15) is 9.59 Å². The zero-order valence-corrected chi connectivity index (χ0v) is 19.4. The first-order chi connectivity index (χ1) is 13.2. The number of hydrogen-bond acceptors (Lipinski definition) is 7. The van der Waals surface area contributed by atoms with E-state index in [-0.39, 0.29) is 11.2 Å². The van der Waals surface area contributed by atoms with Gasteiger partial charge in [-0.15, -0.1) is 0 Å². The SMILES string of the molecule is Cc1nc(N(C(=O)OC(C)(C)C)C(=O)OC(C)(C)C)sc1-c1cnn(C(C)C)c1. The van der Waals surface area contributed by atoms with Crippen LogP contribution in [0.25, 0.3) is 10.4 Å². The van der Waals surface area contributed by atoms with Gasteiger partial charge in [0.2, 0.25) is 5.13 Å². The van der Waals surface area contributed by atoms with Crippen molar-refractivity contribution >= 4 is 28.7 Å². The van der Waals surface area contributed by atoms with E-state index in [2.05, 4.69) is 10.1 Å². The quantitative estimate of drug-likeness (QED) is 0.642. The lowest BCUT2D eigenvalue weighted by atomic mass is 10.2. The summed E-state index contributed by atoms with van der Waals surface area (Å²) in [6.07, 6.45) is 2.00. The highest BCUT2D eigenvalue weighted by atomic mass is 32.1. The maximum Gasteiger partial charge on any atom is 0.426 e. The molecule has 0 fully saturated rings. The Kier molecular flexibility index (Phi) is 6.42. The average Bonchev–Trinajstić information content (AvgIpc) is 3.10. The summed E-state index contributed by atoms with van der Waals surface area (Å²) in [6.45, 7) is 16.3. The number of ether oxygens (including phenoxy) is 2. The van der Waals surface area contributed by atoms with Crippen molar-refractivity contribution in [3.8, 4) is 10.4 Å². The van der Waals surface area contributed by atoms with Gasteiger partial charge in [-0.3, -0.25) is 4.68 Å². The Hall–Kier alpha value is -2.42. The number of carbonyl (C=O) groups is 2. The van der Waals surface area contributed by atoms with E-state index in [1.807, 2.05) is 31.6 Å². The second kappa shape index (κ2) is 8.14. The minimum Gasteiger partial charge on any atom is -0.443 e. The van der Waals surface area contributed by atoms with Gasteiger partial charge < -0.3 is 9.47 Å². The molecule has 0 aliphatic carbocycles. The van der Waals surface area contributed by atoms with Crippen LogP contribution >= 0.6 is 11.3 Å². The minimum absolute atomic E-state index is 0.193. The summed E-state index contributed by atoms with van der Waals surface area (Å²) in [5.41, 5.74) is 0.00849. The number of amides is 2. The zero-order chi connectivity index (χ0) is 22.1.